The third kappa shape index (κ3) is 3.56. The number of pyridine rings is 1. The van der Waals surface area contributed by atoms with Crippen molar-refractivity contribution >= 4 is 22.9 Å². The molecule has 3 aliphatic rings. The summed E-state index contributed by atoms with van der Waals surface area (Å²) in [5.74, 6) is 0.0631. The van der Waals surface area contributed by atoms with E-state index in [1.807, 2.05) is 24.0 Å². The molecule has 0 N–H and O–H groups in total. The summed E-state index contributed by atoms with van der Waals surface area (Å²) < 4.78 is 5.32. The summed E-state index contributed by atoms with van der Waals surface area (Å²) in [6.07, 6.45) is 7.01. The number of carbonyl (C=O) groups excluding carboxylic acids is 2. The lowest BCUT2D eigenvalue weighted by Gasteiger charge is -2.40. The van der Waals surface area contributed by atoms with Gasteiger partial charge in [0.1, 0.15) is 0 Å². The standard InChI is InChI=1S/C25H31N3O3/c1-3-12-31-25(30)27-14-18-9-10-19(15-27)28(18)24(29)17-8-11-21-16(2)20-6-4-5-7-22(20)26-23(21)13-17/h8,11,13,18-19H,3-7,9-10,12,14-15H2,1-2H3. The minimum absolute atomic E-state index is 0.0631. The van der Waals surface area contributed by atoms with E-state index in [4.69, 9.17) is 9.72 Å². The first kappa shape index (κ1) is 20.3. The third-order valence-corrected chi connectivity index (χ3v) is 7.20. The van der Waals surface area contributed by atoms with Gasteiger partial charge in [-0.25, -0.2) is 4.79 Å². The molecule has 0 radical (unpaired) electrons. The molecule has 2 atom stereocenters. The molecule has 31 heavy (non-hydrogen) atoms. The molecule has 0 saturated carbocycles. The van der Waals surface area contributed by atoms with Crippen molar-refractivity contribution in [2.45, 2.75) is 70.9 Å². The number of fused-ring (bicyclic) bond motifs is 4. The number of aryl methyl sites for hydroxylation is 2. The predicted octanol–water partition coefficient (Wildman–Crippen LogP) is 4.26. The Hall–Kier alpha value is -2.63. The van der Waals surface area contributed by atoms with Crippen LogP contribution in [0.4, 0.5) is 4.79 Å². The van der Waals surface area contributed by atoms with E-state index in [0.717, 1.165) is 43.0 Å². The van der Waals surface area contributed by atoms with Crippen molar-refractivity contribution in [1.29, 1.82) is 0 Å². The molecule has 3 heterocycles. The zero-order chi connectivity index (χ0) is 21.5. The number of nitrogens with zero attached hydrogens (tertiary/aromatic N) is 3. The molecule has 6 heteroatoms. The fraction of sp³-hybridized carbons (Fsp3) is 0.560. The van der Waals surface area contributed by atoms with Gasteiger partial charge in [0, 0.05) is 29.7 Å². The molecule has 1 aromatic heterocycles. The van der Waals surface area contributed by atoms with Crippen LogP contribution in [0.3, 0.4) is 0 Å². The van der Waals surface area contributed by atoms with Crippen LogP contribution in [0.2, 0.25) is 0 Å². The molecule has 2 saturated heterocycles. The fourth-order valence-corrected chi connectivity index (χ4v) is 5.61. The van der Waals surface area contributed by atoms with Gasteiger partial charge in [0.15, 0.2) is 0 Å². The summed E-state index contributed by atoms with van der Waals surface area (Å²) in [6, 6.07) is 6.13. The van der Waals surface area contributed by atoms with E-state index >= 15 is 0 Å². The first-order valence-corrected chi connectivity index (χ1v) is 11.7. The summed E-state index contributed by atoms with van der Waals surface area (Å²) in [7, 11) is 0. The second-order valence-corrected chi connectivity index (χ2v) is 9.22. The Labute approximate surface area is 183 Å². The quantitative estimate of drug-likeness (QED) is 0.743. The normalized spacial score (nSPS) is 22.5. The average molecular weight is 422 g/mol. The lowest BCUT2D eigenvalue weighted by Crippen LogP contribution is -2.57. The van der Waals surface area contributed by atoms with Gasteiger partial charge in [-0.05, 0) is 75.1 Å². The summed E-state index contributed by atoms with van der Waals surface area (Å²) in [4.78, 5) is 34.5. The number of rotatable bonds is 3. The minimum Gasteiger partial charge on any atom is -0.449 e. The van der Waals surface area contributed by atoms with Gasteiger partial charge in [0.25, 0.3) is 5.91 Å². The highest BCUT2D eigenvalue weighted by Gasteiger charge is 2.44. The highest BCUT2D eigenvalue weighted by atomic mass is 16.6. The highest BCUT2D eigenvalue weighted by molar-refractivity contribution is 5.99. The smallest absolute Gasteiger partial charge is 0.409 e. The zero-order valence-electron chi connectivity index (χ0n) is 18.5. The molecule has 0 spiro atoms. The largest absolute Gasteiger partial charge is 0.449 e. The minimum atomic E-state index is -0.249. The predicted molar refractivity (Wildman–Crippen MR) is 119 cm³/mol. The van der Waals surface area contributed by atoms with Gasteiger partial charge in [-0.15, -0.1) is 0 Å². The molecule has 6 nitrogen and oxygen atoms in total. The van der Waals surface area contributed by atoms with Crippen LogP contribution in [0.5, 0.6) is 0 Å². The van der Waals surface area contributed by atoms with Crippen LogP contribution in [0.15, 0.2) is 18.2 Å². The van der Waals surface area contributed by atoms with Gasteiger partial charge in [-0.1, -0.05) is 13.0 Å². The number of hydrogen-bond acceptors (Lipinski definition) is 4. The Morgan fingerprint density at radius 1 is 1.13 bits per heavy atom. The molecular weight excluding hydrogens is 390 g/mol. The molecule has 2 amide bonds. The number of ether oxygens (including phenoxy) is 1. The molecule has 164 valence electrons. The van der Waals surface area contributed by atoms with Crippen molar-refractivity contribution < 1.29 is 14.3 Å². The van der Waals surface area contributed by atoms with Gasteiger partial charge in [0.05, 0.1) is 24.2 Å². The van der Waals surface area contributed by atoms with Gasteiger partial charge < -0.3 is 14.5 Å². The Bertz CT molecular complexity index is 1020. The van der Waals surface area contributed by atoms with E-state index in [0.29, 0.717) is 25.3 Å². The summed E-state index contributed by atoms with van der Waals surface area (Å²) in [6.45, 7) is 5.74. The molecule has 5 rings (SSSR count). The van der Waals surface area contributed by atoms with E-state index in [1.165, 1.54) is 29.7 Å². The maximum absolute atomic E-state index is 13.5. The van der Waals surface area contributed by atoms with E-state index < -0.39 is 0 Å². The topological polar surface area (TPSA) is 62.7 Å². The lowest BCUT2D eigenvalue weighted by atomic mass is 9.90. The van der Waals surface area contributed by atoms with Crippen LogP contribution in [-0.4, -0.2) is 58.6 Å². The van der Waals surface area contributed by atoms with Gasteiger partial charge in [-0.3, -0.25) is 9.78 Å². The number of hydrogen-bond donors (Lipinski definition) is 0. The third-order valence-electron chi connectivity index (χ3n) is 7.20. The zero-order valence-corrected chi connectivity index (χ0v) is 18.5. The monoisotopic (exact) mass is 421 g/mol. The van der Waals surface area contributed by atoms with Crippen LogP contribution < -0.4 is 0 Å². The summed E-state index contributed by atoms with van der Waals surface area (Å²) in [5, 5.41) is 1.16. The molecule has 2 fully saturated rings. The van der Waals surface area contributed by atoms with Crippen LogP contribution in [-0.2, 0) is 17.6 Å². The number of amides is 2. The molecule has 1 aromatic carbocycles. The molecular formula is C25H31N3O3. The molecule has 2 aromatic rings. The van der Waals surface area contributed by atoms with Crippen LogP contribution in [0, 0.1) is 6.92 Å². The van der Waals surface area contributed by atoms with Crippen molar-refractivity contribution in [3.8, 4) is 0 Å². The van der Waals surface area contributed by atoms with Gasteiger partial charge in [-0.2, -0.15) is 0 Å². The van der Waals surface area contributed by atoms with Crippen molar-refractivity contribution in [3.05, 3.63) is 40.6 Å². The maximum Gasteiger partial charge on any atom is 0.409 e. The molecule has 2 bridgehead atoms. The first-order valence-electron chi connectivity index (χ1n) is 11.7. The number of carbonyl (C=O) groups is 2. The number of piperazine rings is 1. The SMILES string of the molecule is CCCOC(=O)N1CC2CCC(C1)N2C(=O)c1ccc2c(C)c3c(nc2c1)CCCC3. The number of aromatic nitrogens is 1. The lowest BCUT2D eigenvalue weighted by molar-refractivity contribution is 0.0350. The first-order chi connectivity index (χ1) is 15.1. The van der Waals surface area contributed by atoms with Crippen LogP contribution in [0.25, 0.3) is 10.9 Å². The Balaban J connectivity index is 1.39. The second-order valence-electron chi connectivity index (χ2n) is 9.22. The number of likely N-dealkylation sites (tertiary alicyclic amines) is 1. The highest BCUT2D eigenvalue weighted by Crippen LogP contribution is 2.33. The Morgan fingerprint density at radius 2 is 1.87 bits per heavy atom. The average Bonchev–Trinajstić information content (AvgIpc) is 3.05. The molecule has 2 aliphatic heterocycles. The van der Waals surface area contributed by atoms with Crippen LogP contribution >= 0.6 is 0 Å². The van der Waals surface area contributed by atoms with Crippen LogP contribution in [0.1, 0.15) is 66.2 Å². The molecule has 2 unspecified atom stereocenters. The van der Waals surface area contributed by atoms with E-state index in [1.54, 1.807) is 4.90 Å². The Morgan fingerprint density at radius 3 is 2.61 bits per heavy atom. The maximum atomic E-state index is 13.5. The van der Waals surface area contributed by atoms with E-state index in [2.05, 4.69) is 13.0 Å². The second kappa shape index (κ2) is 8.13. The summed E-state index contributed by atoms with van der Waals surface area (Å²) >= 11 is 0. The van der Waals surface area contributed by atoms with Crippen molar-refractivity contribution in [3.63, 3.8) is 0 Å². The van der Waals surface area contributed by atoms with Gasteiger partial charge >= 0.3 is 6.09 Å². The Kier molecular flexibility index (Phi) is 5.32. The van der Waals surface area contributed by atoms with Crippen molar-refractivity contribution in [2.24, 2.45) is 0 Å². The van der Waals surface area contributed by atoms with Gasteiger partial charge in [0.2, 0.25) is 0 Å². The summed E-state index contributed by atoms with van der Waals surface area (Å²) in [5.41, 5.74) is 5.56. The van der Waals surface area contributed by atoms with E-state index in [-0.39, 0.29) is 24.1 Å². The fourth-order valence-electron chi connectivity index (χ4n) is 5.61. The molecule has 1 aliphatic carbocycles. The van der Waals surface area contributed by atoms with Crippen molar-refractivity contribution in [2.75, 3.05) is 19.7 Å². The van der Waals surface area contributed by atoms with Crippen molar-refractivity contribution in [1.82, 2.24) is 14.8 Å². The number of benzene rings is 1. The van der Waals surface area contributed by atoms with E-state index in [9.17, 15) is 9.59 Å².